The quantitative estimate of drug-likeness (QED) is 0.538. The first-order valence-electron chi connectivity index (χ1n) is 11.7. The second-order valence-corrected chi connectivity index (χ2v) is 9.10. The number of non-ortho nitro benzene ring substituents is 1. The van der Waals surface area contributed by atoms with E-state index in [0.29, 0.717) is 38.2 Å². The van der Waals surface area contributed by atoms with Crippen LogP contribution in [0.2, 0.25) is 0 Å². The van der Waals surface area contributed by atoms with Gasteiger partial charge in [0.1, 0.15) is 6.07 Å². The van der Waals surface area contributed by atoms with Crippen molar-refractivity contribution < 1.29 is 14.5 Å². The number of nitrogens with zero attached hydrogens (tertiary/aromatic N) is 4. The zero-order valence-corrected chi connectivity index (χ0v) is 18.9. The predicted octanol–water partition coefficient (Wildman–Crippen LogP) is 2.63. The van der Waals surface area contributed by atoms with E-state index in [1.54, 1.807) is 12.1 Å². The van der Waals surface area contributed by atoms with Gasteiger partial charge in [-0.25, -0.2) is 0 Å². The molecule has 5 rings (SSSR count). The summed E-state index contributed by atoms with van der Waals surface area (Å²) < 4.78 is 5.66. The van der Waals surface area contributed by atoms with Crippen LogP contribution in [0.5, 0.6) is 0 Å². The van der Waals surface area contributed by atoms with Gasteiger partial charge in [-0.05, 0) is 43.0 Å². The summed E-state index contributed by atoms with van der Waals surface area (Å²) in [7, 11) is 0. The third kappa shape index (κ3) is 4.17. The van der Waals surface area contributed by atoms with Crippen LogP contribution < -0.4 is 15.1 Å². The largest absolute Gasteiger partial charge is 0.376 e. The van der Waals surface area contributed by atoms with Crippen LogP contribution in [-0.2, 0) is 16.0 Å². The molecule has 0 aliphatic carbocycles. The van der Waals surface area contributed by atoms with Crippen molar-refractivity contribution in [2.24, 2.45) is 5.92 Å². The second-order valence-electron chi connectivity index (χ2n) is 9.10. The molecule has 0 spiro atoms. The Balaban J connectivity index is 1.44. The Hall–Kier alpha value is -3.64. The van der Waals surface area contributed by atoms with Gasteiger partial charge in [-0.1, -0.05) is 12.1 Å². The molecule has 2 aromatic rings. The van der Waals surface area contributed by atoms with Crippen molar-refractivity contribution in [2.45, 2.75) is 31.4 Å². The van der Waals surface area contributed by atoms with Gasteiger partial charge in [0.25, 0.3) is 5.69 Å². The molecule has 0 bridgehead atoms. The minimum Gasteiger partial charge on any atom is -0.376 e. The molecule has 1 amide bonds. The van der Waals surface area contributed by atoms with Gasteiger partial charge in [-0.15, -0.1) is 0 Å². The van der Waals surface area contributed by atoms with Crippen LogP contribution in [0.1, 0.15) is 24.0 Å². The van der Waals surface area contributed by atoms with E-state index >= 15 is 0 Å². The Morgan fingerprint density at radius 3 is 2.85 bits per heavy atom. The highest BCUT2D eigenvalue weighted by Crippen LogP contribution is 2.39. The van der Waals surface area contributed by atoms with Gasteiger partial charge in [-0.2, -0.15) is 5.26 Å². The molecule has 3 aliphatic heterocycles. The molecule has 3 aliphatic rings. The molecule has 1 N–H and O–H groups in total. The van der Waals surface area contributed by atoms with Crippen molar-refractivity contribution in [3.05, 3.63) is 63.7 Å². The number of anilines is 2. The predicted molar refractivity (Wildman–Crippen MR) is 127 cm³/mol. The van der Waals surface area contributed by atoms with E-state index in [1.807, 2.05) is 24.3 Å². The molecule has 2 aromatic carbocycles. The number of fused-ring (bicyclic) bond motifs is 3. The van der Waals surface area contributed by atoms with E-state index in [-0.39, 0.29) is 29.7 Å². The third-order valence-corrected chi connectivity index (χ3v) is 7.14. The molecule has 176 valence electrons. The number of nitrogens with one attached hydrogen (secondary N) is 1. The summed E-state index contributed by atoms with van der Waals surface area (Å²) in [6, 6.07) is 14.6. The highest BCUT2D eigenvalue weighted by Gasteiger charge is 2.42. The van der Waals surface area contributed by atoms with E-state index in [9.17, 15) is 20.2 Å². The number of hydrogen-bond donors (Lipinski definition) is 1. The first kappa shape index (κ1) is 22.2. The molecule has 3 unspecified atom stereocenters. The number of nitriles is 1. The van der Waals surface area contributed by atoms with Gasteiger partial charge in [0.05, 0.1) is 34.2 Å². The lowest BCUT2D eigenvalue weighted by molar-refractivity contribution is -0.384. The Labute approximate surface area is 198 Å². The molecule has 0 radical (unpaired) electrons. The Kier molecular flexibility index (Phi) is 6.07. The Morgan fingerprint density at radius 2 is 2.09 bits per heavy atom. The van der Waals surface area contributed by atoms with Crippen LogP contribution >= 0.6 is 0 Å². The number of nitro benzene ring substituents is 1. The number of para-hydroxylation sites is 1. The highest BCUT2D eigenvalue weighted by atomic mass is 16.6. The lowest BCUT2D eigenvalue weighted by Crippen LogP contribution is -2.61. The average Bonchev–Trinajstić information content (AvgIpc) is 3.39. The fourth-order valence-electron chi connectivity index (χ4n) is 5.44. The maximum Gasteiger partial charge on any atom is 0.269 e. The number of amides is 1. The van der Waals surface area contributed by atoms with Gasteiger partial charge < -0.3 is 19.9 Å². The average molecular weight is 462 g/mol. The van der Waals surface area contributed by atoms with Crippen LogP contribution in [0.25, 0.3) is 0 Å². The zero-order chi connectivity index (χ0) is 23.7. The van der Waals surface area contributed by atoms with Gasteiger partial charge >= 0.3 is 0 Å². The monoisotopic (exact) mass is 461 g/mol. The maximum absolute atomic E-state index is 13.4. The number of ether oxygens (including phenoxy) is 1. The molecule has 3 heterocycles. The van der Waals surface area contributed by atoms with Crippen molar-refractivity contribution >= 4 is 23.0 Å². The number of benzene rings is 2. The first-order chi connectivity index (χ1) is 16.5. The lowest BCUT2D eigenvalue weighted by Gasteiger charge is -2.49. The molecular formula is C25H27N5O4. The minimum absolute atomic E-state index is 0.0392. The van der Waals surface area contributed by atoms with Crippen LogP contribution in [0, 0.1) is 27.4 Å². The van der Waals surface area contributed by atoms with Gasteiger partial charge in [-0.3, -0.25) is 14.9 Å². The number of hydrogen-bond acceptors (Lipinski definition) is 7. The van der Waals surface area contributed by atoms with E-state index in [2.05, 4.69) is 21.2 Å². The molecule has 9 nitrogen and oxygen atoms in total. The van der Waals surface area contributed by atoms with Crippen molar-refractivity contribution in [1.82, 2.24) is 5.32 Å². The summed E-state index contributed by atoms with van der Waals surface area (Å²) in [6.45, 7) is 3.14. The van der Waals surface area contributed by atoms with Crippen LogP contribution in [0.4, 0.5) is 17.1 Å². The van der Waals surface area contributed by atoms with E-state index < -0.39 is 4.92 Å². The summed E-state index contributed by atoms with van der Waals surface area (Å²) in [4.78, 5) is 28.8. The minimum atomic E-state index is -0.393. The van der Waals surface area contributed by atoms with Crippen LogP contribution in [0.15, 0.2) is 42.5 Å². The fraction of sp³-hybridized carbons (Fsp3) is 0.440. The van der Waals surface area contributed by atoms with Gasteiger partial charge in [0, 0.05) is 50.6 Å². The van der Waals surface area contributed by atoms with Crippen LogP contribution in [0.3, 0.4) is 0 Å². The molecule has 34 heavy (non-hydrogen) atoms. The van der Waals surface area contributed by atoms with Gasteiger partial charge in [0.15, 0.2) is 0 Å². The normalized spacial score (nSPS) is 23.6. The number of nitro groups is 1. The number of rotatable bonds is 5. The molecule has 9 heteroatoms. The standard InChI is InChI=1S/C25H27N5O4/c26-14-17-4-1-2-6-22(17)28-9-10-29-23-8-7-19(30(32)33)12-18(23)13-21(24(29)16-28)25(31)27-15-20-5-3-11-34-20/h1-2,4,6-8,12,20-21,24H,3,5,9-11,13,15-16H2,(H,27,31). The summed E-state index contributed by atoms with van der Waals surface area (Å²) in [5.41, 5.74) is 3.30. The molecule has 3 atom stereocenters. The SMILES string of the molecule is N#Cc1ccccc1N1CCN2c3ccc([N+](=O)[O-])cc3CC(C(=O)NCC3CCCO3)C2C1. The topological polar surface area (TPSA) is 112 Å². The smallest absolute Gasteiger partial charge is 0.269 e. The summed E-state index contributed by atoms with van der Waals surface area (Å²) in [5.74, 6) is -0.425. The zero-order valence-electron chi connectivity index (χ0n) is 18.9. The molecule has 0 saturated carbocycles. The molecular weight excluding hydrogens is 434 g/mol. The number of piperazine rings is 1. The summed E-state index contributed by atoms with van der Waals surface area (Å²) >= 11 is 0. The van der Waals surface area contributed by atoms with Crippen molar-refractivity contribution in [2.75, 3.05) is 42.6 Å². The first-order valence-corrected chi connectivity index (χ1v) is 11.7. The van der Waals surface area contributed by atoms with Crippen molar-refractivity contribution in [3.8, 4) is 6.07 Å². The van der Waals surface area contributed by atoms with Crippen molar-refractivity contribution in [1.29, 1.82) is 5.26 Å². The lowest BCUT2D eigenvalue weighted by atomic mass is 9.83. The fourth-order valence-corrected chi connectivity index (χ4v) is 5.44. The van der Waals surface area contributed by atoms with E-state index in [1.165, 1.54) is 6.07 Å². The highest BCUT2D eigenvalue weighted by molar-refractivity contribution is 5.82. The Morgan fingerprint density at radius 1 is 1.24 bits per heavy atom. The summed E-state index contributed by atoms with van der Waals surface area (Å²) in [5, 5.41) is 24.0. The molecule has 2 fully saturated rings. The van der Waals surface area contributed by atoms with E-state index in [0.717, 1.165) is 36.4 Å². The number of carbonyl (C=O) groups excluding carboxylic acids is 1. The van der Waals surface area contributed by atoms with Gasteiger partial charge in [0.2, 0.25) is 5.91 Å². The molecule has 0 aromatic heterocycles. The van der Waals surface area contributed by atoms with Crippen LogP contribution in [-0.4, -0.2) is 55.8 Å². The molecule has 2 saturated heterocycles. The maximum atomic E-state index is 13.4. The number of carbonyl (C=O) groups is 1. The Bertz CT molecular complexity index is 1140. The third-order valence-electron chi connectivity index (χ3n) is 7.14. The summed E-state index contributed by atoms with van der Waals surface area (Å²) in [6.07, 6.45) is 2.42. The second kappa shape index (κ2) is 9.31. The van der Waals surface area contributed by atoms with Crippen molar-refractivity contribution in [3.63, 3.8) is 0 Å². The van der Waals surface area contributed by atoms with E-state index in [4.69, 9.17) is 4.74 Å².